The van der Waals surface area contributed by atoms with E-state index in [2.05, 4.69) is 26.0 Å². The highest BCUT2D eigenvalue weighted by molar-refractivity contribution is 9.10. The van der Waals surface area contributed by atoms with E-state index in [0.717, 1.165) is 0 Å². The van der Waals surface area contributed by atoms with Crippen molar-refractivity contribution in [3.63, 3.8) is 0 Å². The van der Waals surface area contributed by atoms with Crippen molar-refractivity contribution in [3.05, 3.63) is 45.4 Å². The molecule has 0 aliphatic carbocycles. The van der Waals surface area contributed by atoms with Crippen LogP contribution in [-0.4, -0.2) is 20.5 Å². The average molecular weight is 315 g/mol. The molecule has 6 heteroatoms. The zero-order valence-electron chi connectivity index (χ0n) is 9.02. The van der Waals surface area contributed by atoms with Gasteiger partial charge in [-0.15, -0.1) is 0 Å². The second-order valence-electron chi connectivity index (χ2n) is 3.35. The van der Waals surface area contributed by atoms with Gasteiger partial charge in [-0.2, -0.15) is 5.10 Å². The van der Waals surface area contributed by atoms with E-state index in [9.17, 15) is 4.79 Å². The minimum Gasteiger partial charge on any atom is -0.285 e. The first-order valence-electron chi connectivity index (χ1n) is 5.01. The topological polar surface area (TPSA) is 47.8 Å². The Morgan fingerprint density at radius 2 is 2.24 bits per heavy atom. The van der Waals surface area contributed by atoms with Crippen LogP contribution in [0.25, 0.3) is 0 Å². The maximum Gasteiger partial charge on any atom is 0.230 e. The van der Waals surface area contributed by atoms with Gasteiger partial charge < -0.3 is 0 Å². The van der Waals surface area contributed by atoms with Crippen molar-refractivity contribution in [2.45, 2.75) is 13.5 Å². The second-order valence-corrected chi connectivity index (χ2v) is 4.64. The van der Waals surface area contributed by atoms with Gasteiger partial charge in [0.15, 0.2) is 0 Å². The highest BCUT2D eigenvalue weighted by Gasteiger charge is 2.19. The number of hydrogen-bond donors (Lipinski definition) is 0. The lowest BCUT2D eigenvalue weighted by Crippen LogP contribution is -2.12. The number of pyridine rings is 1. The lowest BCUT2D eigenvalue weighted by atomic mass is 10.2. The lowest BCUT2D eigenvalue weighted by molar-refractivity contribution is 0.102. The Kier molecular flexibility index (Phi) is 3.59. The Morgan fingerprint density at radius 1 is 1.47 bits per heavy atom. The molecule has 0 aromatic carbocycles. The number of aryl methyl sites for hydroxylation is 1. The largest absolute Gasteiger partial charge is 0.285 e. The maximum atomic E-state index is 12.2. The van der Waals surface area contributed by atoms with Gasteiger partial charge in [0.05, 0.1) is 15.7 Å². The Hall–Kier alpha value is -1.20. The number of halogens is 2. The van der Waals surface area contributed by atoms with Crippen LogP contribution in [0, 0.1) is 0 Å². The molecule has 0 spiro atoms. The molecule has 0 amide bonds. The Labute approximate surface area is 112 Å². The number of aromatic nitrogens is 3. The van der Waals surface area contributed by atoms with E-state index in [0.29, 0.717) is 27.4 Å². The third-order valence-electron chi connectivity index (χ3n) is 2.27. The van der Waals surface area contributed by atoms with E-state index in [1.165, 1.54) is 6.20 Å². The fourth-order valence-corrected chi connectivity index (χ4v) is 2.05. The van der Waals surface area contributed by atoms with E-state index >= 15 is 0 Å². The zero-order valence-corrected chi connectivity index (χ0v) is 11.4. The van der Waals surface area contributed by atoms with Gasteiger partial charge in [-0.25, -0.2) is 0 Å². The van der Waals surface area contributed by atoms with Gasteiger partial charge >= 0.3 is 0 Å². The second kappa shape index (κ2) is 4.98. The van der Waals surface area contributed by atoms with Gasteiger partial charge in [0.25, 0.3) is 0 Å². The summed E-state index contributed by atoms with van der Waals surface area (Å²) in [6, 6.07) is 3.24. The van der Waals surface area contributed by atoms with Crippen LogP contribution in [0.4, 0.5) is 0 Å². The molecule has 2 aromatic rings. The smallest absolute Gasteiger partial charge is 0.230 e. The first-order chi connectivity index (χ1) is 8.13. The maximum absolute atomic E-state index is 12.2. The van der Waals surface area contributed by atoms with Crippen LogP contribution in [0.3, 0.4) is 0 Å². The summed E-state index contributed by atoms with van der Waals surface area (Å²) < 4.78 is 2.30. The molecule has 0 fully saturated rings. The van der Waals surface area contributed by atoms with Crippen LogP contribution in [-0.2, 0) is 6.54 Å². The van der Waals surface area contributed by atoms with Crippen molar-refractivity contribution in [3.8, 4) is 0 Å². The van der Waals surface area contributed by atoms with E-state index in [-0.39, 0.29) is 5.78 Å². The average Bonchev–Trinajstić information content (AvgIpc) is 2.70. The molecule has 0 N–H and O–H groups in total. The molecule has 0 aliphatic rings. The first kappa shape index (κ1) is 12.3. The molecule has 2 rings (SSSR count). The number of carbonyl (C=O) groups is 1. The fourth-order valence-electron chi connectivity index (χ4n) is 1.46. The predicted octanol–water partition coefficient (Wildman–Crippen LogP) is 2.94. The quantitative estimate of drug-likeness (QED) is 0.818. The van der Waals surface area contributed by atoms with Gasteiger partial charge in [-0.05, 0) is 35.0 Å². The normalized spacial score (nSPS) is 10.5. The molecule has 2 aromatic heterocycles. The molecule has 0 unspecified atom stereocenters. The summed E-state index contributed by atoms with van der Waals surface area (Å²) in [7, 11) is 0. The summed E-state index contributed by atoms with van der Waals surface area (Å²) in [5, 5.41) is 4.60. The number of rotatable bonds is 3. The SMILES string of the molecule is CCn1ncc(Br)c1C(=O)c1ccc(Cl)cn1. The van der Waals surface area contributed by atoms with Crippen molar-refractivity contribution in [1.82, 2.24) is 14.8 Å². The minimum absolute atomic E-state index is 0.173. The number of ketones is 1. The molecule has 0 radical (unpaired) electrons. The minimum atomic E-state index is -0.173. The van der Waals surface area contributed by atoms with Crippen LogP contribution >= 0.6 is 27.5 Å². The summed E-state index contributed by atoms with van der Waals surface area (Å²) in [4.78, 5) is 16.2. The number of carbonyl (C=O) groups excluding carboxylic acids is 1. The molecule has 0 saturated carbocycles. The van der Waals surface area contributed by atoms with Gasteiger partial charge in [-0.1, -0.05) is 11.6 Å². The highest BCUT2D eigenvalue weighted by Crippen LogP contribution is 2.19. The highest BCUT2D eigenvalue weighted by atomic mass is 79.9. The van der Waals surface area contributed by atoms with Gasteiger partial charge in [0.1, 0.15) is 11.4 Å². The summed E-state index contributed by atoms with van der Waals surface area (Å²) in [6.07, 6.45) is 3.06. The third-order valence-corrected chi connectivity index (χ3v) is 3.07. The van der Waals surface area contributed by atoms with E-state index < -0.39 is 0 Å². The Bertz CT molecular complexity index is 550. The molecule has 0 aliphatic heterocycles. The molecule has 88 valence electrons. The van der Waals surface area contributed by atoms with Crippen LogP contribution in [0.2, 0.25) is 5.02 Å². The molecule has 0 bridgehead atoms. The zero-order chi connectivity index (χ0) is 12.4. The van der Waals surface area contributed by atoms with Crippen molar-refractivity contribution < 1.29 is 4.79 Å². The van der Waals surface area contributed by atoms with Crippen LogP contribution in [0.15, 0.2) is 29.0 Å². The van der Waals surface area contributed by atoms with E-state index in [4.69, 9.17) is 11.6 Å². The molecule has 2 heterocycles. The van der Waals surface area contributed by atoms with Crippen molar-refractivity contribution in [2.75, 3.05) is 0 Å². The summed E-state index contributed by atoms with van der Waals surface area (Å²) in [5.74, 6) is -0.173. The monoisotopic (exact) mass is 313 g/mol. The molecular formula is C11H9BrClN3O. The number of nitrogens with zero attached hydrogens (tertiary/aromatic N) is 3. The van der Waals surface area contributed by atoms with Crippen LogP contribution < -0.4 is 0 Å². The summed E-state index contributed by atoms with van der Waals surface area (Å²) in [6.45, 7) is 2.55. The van der Waals surface area contributed by atoms with Crippen molar-refractivity contribution >= 4 is 33.3 Å². The summed E-state index contributed by atoms with van der Waals surface area (Å²) >= 11 is 9.04. The van der Waals surface area contributed by atoms with Crippen molar-refractivity contribution in [2.24, 2.45) is 0 Å². The van der Waals surface area contributed by atoms with Crippen molar-refractivity contribution in [1.29, 1.82) is 0 Å². The Balaban J connectivity index is 2.43. The summed E-state index contributed by atoms with van der Waals surface area (Å²) in [5.41, 5.74) is 0.854. The van der Waals surface area contributed by atoms with Crippen LogP contribution in [0.1, 0.15) is 23.1 Å². The Morgan fingerprint density at radius 3 is 2.82 bits per heavy atom. The molecule has 0 atom stereocenters. The van der Waals surface area contributed by atoms with E-state index in [1.54, 1.807) is 23.0 Å². The van der Waals surface area contributed by atoms with Crippen LogP contribution in [0.5, 0.6) is 0 Å². The lowest BCUT2D eigenvalue weighted by Gasteiger charge is -2.04. The fraction of sp³-hybridized carbons (Fsp3) is 0.182. The van der Waals surface area contributed by atoms with Gasteiger partial charge in [0, 0.05) is 12.7 Å². The van der Waals surface area contributed by atoms with E-state index in [1.807, 2.05) is 6.92 Å². The molecule has 0 saturated heterocycles. The van der Waals surface area contributed by atoms with Gasteiger partial charge in [0.2, 0.25) is 5.78 Å². The molecule has 4 nitrogen and oxygen atoms in total. The van der Waals surface area contributed by atoms with Gasteiger partial charge in [-0.3, -0.25) is 14.5 Å². The number of hydrogen-bond acceptors (Lipinski definition) is 3. The standard InChI is InChI=1S/C11H9BrClN3O/c1-2-16-10(8(12)6-15-16)11(17)9-4-3-7(13)5-14-9/h3-6H,2H2,1H3. The molecular weight excluding hydrogens is 305 g/mol. The predicted molar refractivity (Wildman–Crippen MR) is 68.3 cm³/mol. The third kappa shape index (κ3) is 2.40. The molecule has 17 heavy (non-hydrogen) atoms. The first-order valence-corrected chi connectivity index (χ1v) is 6.18.